The lowest BCUT2D eigenvalue weighted by Gasteiger charge is -2.35. The van der Waals surface area contributed by atoms with Crippen LogP contribution in [0.5, 0.6) is 0 Å². The van der Waals surface area contributed by atoms with Crippen LogP contribution in [0.25, 0.3) is 17.0 Å². The number of carbonyl (C=O) groups excluding carboxylic acids is 3. The van der Waals surface area contributed by atoms with E-state index in [0.717, 1.165) is 16.5 Å². The fourth-order valence-corrected chi connectivity index (χ4v) is 4.65. The molecule has 208 valence electrons. The maximum absolute atomic E-state index is 13.2. The van der Waals surface area contributed by atoms with Gasteiger partial charge in [0.1, 0.15) is 30.1 Å². The normalized spacial score (nSPS) is 28.2. The molecule has 5 atom stereocenters. The van der Waals surface area contributed by atoms with Gasteiger partial charge in [-0.1, -0.05) is 51.1 Å². The average Bonchev–Trinajstić information content (AvgIpc) is 2.92. The Morgan fingerprint density at radius 2 is 1.85 bits per heavy atom. The summed E-state index contributed by atoms with van der Waals surface area (Å²) < 4.78 is 5.75. The summed E-state index contributed by atoms with van der Waals surface area (Å²) in [6.45, 7) is 9.49. The summed E-state index contributed by atoms with van der Waals surface area (Å²) in [5.74, 6) is -1.22. The van der Waals surface area contributed by atoms with Crippen LogP contribution < -0.4 is 16.5 Å². The molecule has 4 N–H and O–H groups in total. The molecule has 0 radical (unpaired) electrons. The Labute approximate surface area is 229 Å². The molecule has 1 unspecified atom stereocenters. The summed E-state index contributed by atoms with van der Waals surface area (Å²) in [6.07, 6.45) is 4.43. The van der Waals surface area contributed by atoms with Crippen molar-refractivity contribution in [2.45, 2.75) is 71.7 Å². The minimum atomic E-state index is -0.829. The van der Waals surface area contributed by atoms with Gasteiger partial charge in [0, 0.05) is 17.8 Å². The lowest BCUT2D eigenvalue weighted by atomic mass is 10.0. The number of hydrogen-bond acceptors (Lipinski definition) is 8. The maximum Gasteiger partial charge on any atom is 0.325 e. The first-order chi connectivity index (χ1) is 18.5. The predicted octanol–water partition coefficient (Wildman–Crippen LogP) is 2.88. The zero-order valence-corrected chi connectivity index (χ0v) is 23.2. The van der Waals surface area contributed by atoms with Crippen LogP contribution in [0.15, 0.2) is 41.4 Å². The Hall–Kier alpha value is -3.79. The number of pyridine rings is 1. The van der Waals surface area contributed by atoms with Gasteiger partial charge in [0.25, 0.3) is 5.91 Å². The molecule has 39 heavy (non-hydrogen) atoms. The Balaban J connectivity index is 1.71. The monoisotopic (exact) mass is 534 g/mol. The number of ether oxygens (including phenoxy) is 1. The SMILES string of the molecule is CC(C)C1N=C(N)[C@H](C)/C=C/c2ccc3ccc(nc3c2)[C@@H](C)OC(=O)[C@@H]2CCCN(N2)C(=O)[C@H](C)NC1=O. The first-order valence-electron chi connectivity index (χ1n) is 13.5. The lowest BCUT2D eigenvalue weighted by molar-refractivity contribution is -0.157. The molecule has 2 aromatic rings. The molecule has 1 fully saturated rings. The van der Waals surface area contributed by atoms with Gasteiger partial charge >= 0.3 is 5.97 Å². The van der Waals surface area contributed by atoms with Gasteiger partial charge < -0.3 is 15.8 Å². The third-order valence-corrected chi connectivity index (χ3v) is 7.15. The van der Waals surface area contributed by atoms with Gasteiger partial charge in [-0.2, -0.15) is 0 Å². The number of esters is 1. The van der Waals surface area contributed by atoms with E-state index in [2.05, 4.69) is 15.7 Å². The smallest absolute Gasteiger partial charge is 0.325 e. The molecule has 2 aliphatic rings. The van der Waals surface area contributed by atoms with Crippen molar-refractivity contribution in [1.82, 2.24) is 20.7 Å². The molecule has 0 saturated carbocycles. The lowest BCUT2D eigenvalue weighted by Crippen LogP contribution is -2.60. The highest BCUT2D eigenvalue weighted by Crippen LogP contribution is 2.23. The molecule has 1 aromatic heterocycles. The van der Waals surface area contributed by atoms with Crippen molar-refractivity contribution < 1.29 is 19.1 Å². The van der Waals surface area contributed by atoms with Crippen molar-refractivity contribution in [3.63, 3.8) is 0 Å². The second-order valence-corrected chi connectivity index (χ2v) is 10.7. The second kappa shape index (κ2) is 11.9. The van der Waals surface area contributed by atoms with E-state index in [0.29, 0.717) is 30.9 Å². The van der Waals surface area contributed by atoms with E-state index in [1.165, 1.54) is 5.01 Å². The van der Waals surface area contributed by atoms with E-state index in [4.69, 9.17) is 15.5 Å². The van der Waals surface area contributed by atoms with Crippen LogP contribution >= 0.6 is 0 Å². The number of rotatable bonds is 1. The van der Waals surface area contributed by atoms with Gasteiger partial charge in [0.2, 0.25) is 5.91 Å². The molecule has 2 amide bonds. The molecule has 3 heterocycles. The molecule has 5 bridgehead atoms. The second-order valence-electron chi connectivity index (χ2n) is 10.7. The van der Waals surface area contributed by atoms with Crippen molar-refractivity contribution in [1.29, 1.82) is 0 Å². The molecular formula is C29H38N6O4. The van der Waals surface area contributed by atoms with Crippen molar-refractivity contribution in [2.75, 3.05) is 6.54 Å². The number of carbonyl (C=O) groups is 3. The fourth-order valence-electron chi connectivity index (χ4n) is 4.65. The number of amides is 2. The van der Waals surface area contributed by atoms with Crippen LogP contribution in [-0.2, 0) is 19.1 Å². The number of hydrazine groups is 1. The van der Waals surface area contributed by atoms with E-state index < -0.39 is 30.2 Å². The summed E-state index contributed by atoms with van der Waals surface area (Å²) in [5.41, 5.74) is 11.6. The molecule has 4 rings (SSSR count). The first kappa shape index (κ1) is 28.2. The van der Waals surface area contributed by atoms with Gasteiger partial charge in [-0.05, 0) is 50.3 Å². The van der Waals surface area contributed by atoms with Gasteiger partial charge in [0.15, 0.2) is 0 Å². The topological polar surface area (TPSA) is 139 Å². The molecule has 1 saturated heterocycles. The quantitative estimate of drug-likeness (QED) is 0.478. The van der Waals surface area contributed by atoms with Crippen LogP contribution in [0.1, 0.15) is 64.8 Å². The third-order valence-electron chi connectivity index (χ3n) is 7.15. The van der Waals surface area contributed by atoms with E-state index in [1.807, 2.05) is 63.3 Å². The van der Waals surface area contributed by atoms with Crippen molar-refractivity contribution in [3.8, 4) is 0 Å². The maximum atomic E-state index is 13.2. The van der Waals surface area contributed by atoms with Crippen LogP contribution in [0, 0.1) is 11.8 Å². The highest BCUT2D eigenvalue weighted by Gasteiger charge is 2.33. The Bertz CT molecular complexity index is 1310. The molecular weight excluding hydrogens is 496 g/mol. The highest BCUT2D eigenvalue weighted by molar-refractivity contribution is 5.93. The average molecular weight is 535 g/mol. The molecule has 10 nitrogen and oxygen atoms in total. The number of nitrogens with one attached hydrogen (secondary N) is 2. The van der Waals surface area contributed by atoms with Crippen molar-refractivity contribution in [3.05, 3.63) is 47.7 Å². The largest absolute Gasteiger partial charge is 0.455 e. The molecule has 2 aliphatic heterocycles. The van der Waals surface area contributed by atoms with Gasteiger partial charge in [0.05, 0.1) is 11.2 Å². The van der Waals surface area contributed by atoms with Crippen LogP contribution in [0.3, 0.4) is 0 Å². The number of nitrogens with two attached hydrogens (primary N) is 1. The number of cyclic esters (lactones) is 1. The van der Waals surface area contributed by atoms with E-state index in [9.17, 15) is 14.4 Å². The van der Waals surface area contributed by atoms with E-state index >= 15 is 0 Å². The summed E-state index contributed by atoms with van der Waals surface area (Å²) >= 11 is 0. The third kappa shape index (κ3) is 6.62. The van der Waals surface area contributed by atoms with Crippen LogP contribution in [0.2, 0.25) is 0 Å². The molecule has 10 heteroatoms. The first-order valence-corrected chi connectivity index (χ1v) is 13.5. The fraction of sp³-hybridized carbons (Fsp3) is 0.483. The van der Waals surface area contributed by atoms with E-state index in [1.54, 1.807) is 13.8 Å². The highest BCUT2D eigenvalue weighted by atomic mass is 16.5. The minimum absolute atomic E-state index is 0.140. The number of aromatic nitrogens is 1. The standard InChI is InChI=1S/C29H38N6O4/c1-16(2)25-27(36)31-18(4)28(37)35-14-6-7-23(34-35)29(38)39-19(5)22-13-12-21-11-10-20(15-24(21)32-22)9-8-17(3)26(30)33-25/h8-13,15-19,23,25,34H,6-7,14H2,1-5H3,(H2,30,33)(H,31,36)/b9-8+/t17-,18+,19-,23+,25?/m1/s1. The van der Waals surface area contributed by atoms with Gasteiger partial charge in [-0.3, -0.25) is 24.4 Å². The molecule has 0 spiro atoms. The van der Waals surface area contributed by atoms with Crippen LogP contribution in [0.4, 0.5) is 0 Å². The number of hydrogen-bond donors (Lipinski definition) is 3. The summed E-state index contributed by atoms with van der Waals surface area (Å²) in [5, 5.41) is 5.13. The Morgan fingerprint density at radius 3 is 2.59 bits per heavy atom. The van der Waals surface area contributed by atoms with Gasteiger partial charge in [-0.15, -0.1) is 0 Å². The number of amidine groups is 1. The zero-order valence-electron chi connectivity index (χ0n) is 23.2. The van der Waals surface area contributed by atoms with Crippen molar-refractivity contribution in [2.24, 2.45) is 22.6 Å². The molecule has 0 aliphatic carbocycles. The predicted molar refractivity (Wildman–Crippen MR) is 150 cm³/mol. The number of aliphatic imine (C=N–C) groups is 1. The Kier molecular flexibility index (Phi) is 8.64. The molecule has 1 aromatic carbocycles. The van der Waals surface area contributed by atoms with Gasteiger partial charge in [-0.25, -0.2) is 10.4 Å². The number of benzene rings is 1. The summed E-state index contributed by atoms with van der Waals surface area (Å²) in [6, 6.07) is 7.47. The van der Waals surface area contributed by atoms with E-state index in [-0.39, 0.29) is 23.7 Å². The minimum Gasteiger partial charge on any atom is -0.455 e. The summed E-state index contributed by atoms with van der Waals surface area (Å²) in [7, 11) is 0. The summed E-state index contributed by atoms with van der Waals surface area (Å²) in [4.78, 5) is 48.6. The van der Waals surface area contributed by atoms with Crippen LogP contribution in [-0.4, -0.2) is 58.3 Å². The number of nitrogens with zero attached hydrogens (tertiary/aromatic N) is 3. The zero-order chi connectivity index (χ0) is 28.3. The Morgan fingerprint density at radius 1 is 1.10 bits per heavy atom. The number of fused-ring (bicyclic) bond motifs is 4. The van der Waals surface area contributed by atoms with Crippen molar-refractivity contribution >= 4 is 40.6 Å².